The van der Waals surface area contributed by atoms with Crippen LogP contribution in [-0.2, 0) is 0 Å². The first-order valence-corrected chi connectivity index (χ1v) is 9.88. The van der Waals surface area contributed by atoms with Gasteiger partial charge < -0.3 is 5.32 Å². The van der Waals surface area contributed by atoms with Crippen molar-refractivity contribution in [3.8, 4) is 0 Å². The first-order chi connectivity index (χ1) is 13.2. The van der Waals surface area contributed by atoms with Crippen molar-refractivity contribution >= 4 is 22.9 Å². The van der Waals surface area contributed by atoms with Crippen LogP contribution in [0.2, 0.25) is 0 Å². The molecule has 0 atom stereocenters. The number of nitrogens with zero attached hydrogens (tertiary/aromatic N) is 1. The molecule has 0 fully saturated rings. The number of fused-ring (bicyclic) bond motifs is 4. The molecule has 0 bridgehead atoms. The van der Waals surface area contributed by atoms with Crippen molar-refractivity contribution < 1.29 is 14.8 Å². The molecule has 1 heterocycles. The summed E-state index contributed by atoms with van der Waals surface area (Å²) < 4.78 is 0. The summed E-state index contributed by atoms with van der Waals surface area (Å²) in [6, 6.07) is 10.4. The van der Waals surface area contributed by atoms with Gasteiger partial charge in [0.2, 0.25) is 0 Å². The van der Waals surface area contributed by atoms with Crippen LogP contribution in [0.3, 0.4) is 0 Å². The second-order valence-corrected chi connectivity index (χ2v) is 8.75. The Morgan fingerprint density at radius 3 is 2.04 bits per heavy atom. The Morgan fingerprint density at radius 2 is 1.46 bits per heavy atom. The minimum Gasteiger partial charge on any atom is -0.359 e. The highest BCUT2D eigenvalue weighted by Gasteiger charge is 2.47. The quantitative estimate of drug-likeness (QED) is 0.678. The number of benzene rings is 2. The van der Waals surface area contributed by atoms with E-state index in [4.69, 9.17) is 0 Å². The minimum atomic E-state index is -0.694. The van der Waals surface area contributed by atoms with E-state index in [9.17, 15) is 14.8 Å². The zero-order valence-corrected chi connectivity index (χ0v) is 16.7. The van der Waals surface area contributed by atoms with Crippen LogP contribution in [0.15, 0.2) is 36.4 Å². The van der Waals surface area contributed by atoms with Gasteiger partial charge in [-0.1, -0.05) is 52.0 Å². The minimum absolute atomic E-state index is 0.174. The number of nitrogens with one attached hydrogen (secondary N) is 1. The van der Waals surface area contributed by atoms with Gasteiger partial charge in [-0.3, -0.25) is 14.8 Å². The molecular formula is C23H26N2O3. The van der Waals surface area contributed by atoms with Gasteiger partial charge in [-0.15, -0.1) is 0 Å². The van der Waals surface area contributed by atoms with Crippen LogP contribution in [0, 0.1) is 11.8 Å². The molecule has 0 saturated carbocycles. The number of hydroxylamine groups is 1. The van der Waals surface area contributed by atoms with E-state index in [1.54, 1.807) is 36.4 Å². The number of ketones is 2. The Morgan fingerprint density at radius 1 is 0.893 bits per heavy atom. The van der Waals surface area contributed by atoms with Crippen molar-refractivity contribution in [1.82, 2.24) is 0 Å². The average molecular weight is 378 g/mol. The second kappa shape index (κ2) is 6.45. The summed E-state index contributed by atoms with van der Waals surface area (Å²) in [4.78, 5) is 26.3. The molecule has 1 aliphatic carbocycles. The lowest BCUT2D eigenvalue weighted by Gasteiger charge is -2.39. The van der Waals surface area contributed by atoms with Crippen LogP contribution < -0.4 is 10.4 Å². The van der Waals surface area contributed by atoms with Crippen LogP contribution >= 0.6 is 0 Å². The van der Waals surface area contributed by atoms with Gasteiger partial charge >= 0.3 is 0 Å². The molecule has 0 amide bonds. The highest BCUT2D eigenvalue weighted by atomic mass is 16.5. The number of hydrogen-bond donors (Lipinski definition) is 2. The van der Waals surface area contributed by atoms with Crippen LogP contribution in [0.4, 0.5) is 11.4 Å². The molecule has 0 saturated heterocycles. The molecule has 0 spiro atoms. The summed E-state index contributed by atoms with van der Waals surface area (Å²) in [6.45, 7) is 8.45. The van der Waals surface area contributed by atoms with Crippen LogP contribution in [0.25, 0.3) is 0 Å². The maximum absolute atomic E-state index is 13.3. The van der Waals surface area contributed by atoms with E-state index in [0.29, 0.717) is 58.3 Å². The Balaban J connectivity index is 1.89. The van der Waals surface area contributed by atoms with Crippen LogP contribution in [-0.4, -0.2) is 22.4 Å². The van der Waals surface area contributed by atoms with Gasteiger partial charge in [-0.2, -0.15) is 0 Å². The first-order valence-electron chi connectivity index (χ1n) is 9.88. The van der Waals surface area contributed by atoms with Crippen molar-refractivity contribution in [3.05, 3.63) is 58.7 Å². The summed E-state index contributed by atoms with van der Waals surface area (Å²) in [5.41, 5.74) is 1.90. The van der Waals surface area contributed by atoms with Gasteiger partial charge in [0, 0.05) is 16.7 Å². The van der Waals surface area contributed by atoms with Crippen LogP contribution in [0.1, 0.15) is 72.4 Å². The zero-order chi connectivity index (χ0) is 20.2. The monoisotopic (exact) mass is 378 g/mol. The fourth-order valence-electron chi connectivity index (χ4n) is 4.72. The third-order valence-corrected chi connectivity index (χ3v) is 5.54. The van der Waals surface area contributed by atoms with Crippen molar-refractivity contribution in [2.45, 2.75) is 46.2 Å². The SMILES string of the molecule is CC(C)CC1(CC(C)C)Nc2ccc3c(c2N1O)C(=O)c1ccccc1C3=O. The summed E-state index contributed by atoms with van der Waals surface area (Å²) in [5, 5.41) is 16.0. The molecule has 0 unspecified atom stereocenters. The third kappa shape index (κ3) is 2.65. The lowest BCUT2D eigenvalue weighted by atomic mass is 9.83. The third-order valence-electron chi connectivity index (χ3n) is 5.54. The highest BCUT2D eigenvalue weighted by Crippen LogP contribution is 2.49. The van der Waals surface area contributed by atoms with Crippen molar-refractivity contribution in [2.75, 3.05) is 10.4 Å². The Hall–Kier alpha value is -2.66. The molecule has 0 radical (unpaired) electrons. The molecule has 2 aromatic rings. The molecule has 28 heavy (non-hydrogen) atoms. The predicted octanol–water partition coefficient (Wildman–Crippen LogP) is 4.87. The van der Waals surface area contributed by atoms with Crippen molar-refractivity contribution in [3.63, 3.8) is 0 Å². The summed E-state index contributed by atoms with van der Waals surface area (Å²) in [5.74, 6) is 0.285. The summed E-state index contributed by atoms with van der Waals surface area (Å²) in [6.07, 6.45) is 1.42. The number of anilines is 2. The number of hydrogen-bond acceptors (Lipinski definition) is 5. The Kier molecular flexibility index (Phi) is 4.31. The van der Waals surface area contributed by atoms with Crippen molar-refractivity contribution in [1.29, 1.82) is 0 Å². The molecule has 2 aliphatic rings. The standard InChI is InChI=1S/C23H26N2O3/c1-13(2)11-23(12-14(3)4)24-18-10-9-17-19(20(18)25(23)28)22(27)16-8-6-5-7-15(16)21(17)26/h5-10,13-14,24,28H,11-12H2,1-4H3. The first kappa shape index (κ1) is 18.7. The number of rotatable bonds is 4. The molecule has 4 rings (SSSR count). The fourth-order valence-corrected chi connectivity index (χ4v) is 4.72. The van der Waals surface area contributed by atoms with Gasteiger partial charge in [-0.25, -0.2) is 5.06 Å². The molecule has 2 aromatic carbocycles. The normalized spacial score (nSPS) is 16.9. The molecule has 5 heteroatoms. The number of carbonyl (C=O) groups is 2. The van der Waals surface area contributed by atoms with E-state index < -0.39 is 5.66 Å². The maximum atomic E-state index is 13.3. The smallest absolute Gasteiger partial charge is 0.196 e. The highest BCUT2D eigenvalue weighted by molar-refractivity contribution is 6.31. The molecule has 2 N–H and O–H groups in total. The summed E-state index contributed by atoms with van der Waals surface area (Å²) >= 11 is 0. The van der Waals surface area contributed by atoms with Gasteiger partial charge in [0.15, 0.2) is 11.6 Å². The summed E-state index contributed by atoms with van der Waals surface area (Å²) in [7, 11) is 0. The second-order valence-electron chi connectivity index (χ2n) is 8.75. The van der Waals surface area contributed by atoms with Gasteiger partial charge in [0.1, 0.15) is 11.4 Å². The van der Waals surface area contributed by atoms with Gasteiger partial charge in [-0.05, 0) is 36.8 Å². The molecular weight excluding hydrogens is 352 g/mol. The molecule has 1 aliphatic heterocycles. The van der Waals surface area contributed by atoms with Crippen molar-refractivity contribution in [2.24, 2.45) is 11.8 Å². The van der Waals surface area contributed by atoms with Crippen LogP contribution in [0.5, 0.6) is 0 Å². The molecule has 5 nitrogen and oxygen atoms in total. The fraction of sp³-hybridized carbons (Fsp3) is 0.391. The Labute approximate surface area is 165 Å². The zero-order valence-electron chi connectivity index (χ0n) is 16.7. The van der Waals surface area contributed by atoms with E-state index in [1.807, 2.05) is 0 Å². The topological polar surface area (TPSA) is 69.6 Å². The van der Waals surface area contributed by atoms with Gasteiger partial charge in [0.25, 0.3) is 0 Å². The largest absolute Gasteiger partial charge is 0.359 e. The van der Waals surface area contributed by atoms with E-state index in [0.717, 1.165) is 0 Å². The number of carbonyl (C=O) groups excluding carboxylic acids is 2. The molecule has 0 aromatic heterocycles. The lowest BCUT2D eigenvalue weighted by molar-refractivity contribution is 0.0975. The Bertz CT molecular complexity index is 968. The average Bonchev–Trinajstić information content (AvgIpc) is 2.89. The predicted molar refractivity (Wildman–Crippen MR) is 109 cm³/mol. The maximum Gasteiger partial charge on any atom is 0.196 e. The van der Waals surface area contributed by atoms with E-state index in [-0.39, 0.29) is 11.6 Å². The lowest BCUT2D eigenvalue weighted by Crippen LogP contribution is -2.51. The van der Waals surface area contributed by atoms with Gasteiger partial charge in [0.05, 0.1) is 11.3 Å². The van der Waals surface area contributed by atoms with E-state index in [1.165, 1.54) is 5.06 Å². The molecule has 146 valence electrons. The van der Waals surface area contributed by atoms with E-state index in [2.05, 4.69) is 33.0 Å². The van der Waals surface area contributed by atoms with E-state index >= 15 is 0 Å².